The molecule has 4 N–H and O–H groups in total. The summed E-state index contributed by atoms with van der Waals surface area (Å²) in [5.74, 6) is 0.124. The normalized spacial score (nSPS) is 27.6. The van der Waals surface area contributed by atoms with Crippen LogP contribution in [0, 0.1) is 5.41 Å². The summed E-state index contributed by atoms with van der Waals surface area (Å²) < 4.78 is 0. The van der Waals surface area contributed by atoms with E-state index >= 15 is 0 Å². The number of hydrogen-bond acceptors (Lipinski definition) is 4. The third-order valence-corrected chi connectivity index (χ3v) is 4.27. The van der Waals surface area contributed by atoms with Gasteiger partial charge in [0.2, 0.25) is 5.91 Å². The Morgan fingerprint density at radius 3 is 2.35 bits per heavy atom. The fourth-order valence-electron chi connectivity index (χ4n) is 3.12. The molecule has 20 heavy (non-hydrogen) atoms. The average Bonchev–Trinajstić information content (AvgIpc) is 2.36. The number of nitrogens with zero attached hydrogens (tertiary/aromatic N) is 1. The highest BCUT2D eigenvalue weighted by molar-refractivity contribution is 5.86. The molecule has 0 aromatic rings. The first-order chi connectivity index (χ1) is 9.21. The van der Waals surface area contributed by atoms with E-state index in [1.807, 2.05) is 7.05 Å². The Balaban J connectivity index is 2.56. The van der Waals surface area contributed by atoms with Gasteiger partial charge in [0.25, 0.3) is 0 Å². The number of hydrogen-bond donors (Lipinski definition) is 3. The lowest BCUT2D eigenvalue weighted by Gasteiger charge is -2.39. The Morgan fingerprint density at radius 1 is 1.35 bits per heavy atom. The Morgan fingerprint density at radius 2 is 1.90 bits per heavy atom. The van der Waals surface area contributed by atoms with Crippen molar-refractivity contribution in [2.45, 2.75) is 51.1 Å². The van der Waals surface area contributed by atoms with Crippen molar-refractivity contribution in [2.75, 3.05) is 34.2 Å². The molecule has 0 aliphatic heterocycles. The molecule has 0 aromatic heterocycles. The van der Waals surface area contributed by atoms with Crippen molar-refractivity contribution in [3.05, 3.63) is 0 Å². The van der Waals surface area contributed by atoms with Crippen LogP contribution in [0.4, 0.5) is 0 Å². The van der Waals surface area contributed by atoms with E-state index in [1.165, 1.54) is 0 Å². The van der Waals surface area contributed by atoms with Gasteiger partial charge in [0.1, 0.15) is 0 Å². The molecule has 1 fully saturated rings. The first-order valence-electron chi connectivity index (χ1n) is 7.58. The number of nitrogens with one attached hydrogen (secondary N) is 2. The fraction of sp³-hybridized carbons (Fsp3) is 0.933. The first kappa shape index (κ1) is 17.4. The second-order valence-corrected chi connectivity index (χ2v) is 7.25. The van der Waals surface area contributed by atoms with Gasteiger partial charge in [-0.3, -0.25) is 4.79 Å². The molecule has 0 spiro atoms. The molecule has 118 valence electrons. The van der Waals surface area contributed by atoms with Crippen LogP contribution in [0.25, 0.3) is 0 Å². The first-order valence-corrected chi connectivity index (χ1v) is 7.58. The minimum atomic E-state index is -0.427. The topological polar surface area (TPSA) is 70.4 Å². The zero-order valence-electron chi connectivity index (χ0n) is 13.8. The van der Waals surface area contributed by atoms with E-state index in [4.69, 9.17) is 5.73 Å². The van der Waals surface area contributed by atoms with Crippen LogP contribution in [-0.4, -0.2) is 56.6 Å². The molecule has 1 aliphatic rings. The summed E-state index contributed by atoms with van der Waals surface area (Å²) >= 11 is 0. The smallest absolute Gasteiger partial charge is 0.240 e. The lowest BCUT2D eigenvalue weighted by molar-refractivity contribution is -0.129. The van der Waals surface area contributed by atoms with Gasteiger partial charge in [0, 0.05) is 19.1 Å². The fourth-order valence-corrected chi connectivity index (χ4v) is 3.12. The van der Waals surface area contributed by atoms with Crippen molar-refractivity contribution >= 4 is 5.91 Å². The van der Waals surface area contributed by atoms with Crippen molar-refractivity contribution in [1.29, 1.82) is 0 Å². The average molecular weight is 284 g/mol. The summed E-state index contributed by atoms with van der Waals surface area (Å²) in [4.78, 5) is 14.7. The predicted octanol–water partition coefficient (Wildman–Crippen LogP) is 0.550. The third-order valence-electron chi connectivity index (χ3n) is 4.27. The van der Waals surface area contributed by atoms with Gasteiger partial charge in [-0.1, -0.05) is 13.8 Å². The van der Waals surface area contributed by atoms with E-state index in [1.54, 1.807) is 0 Å². The summed E-state index contributed by atoms with van der Waals surface area (Å²) in [6, 6.07) is 0.245. The zero-order chi connectivity index (χ0) is 15.4. The van der Waals surface area contributed by atoms with E-state index in [9.17, 15) is 4.79 Å². The molecule has 1 aliphatic carbocycles. The van der Waals surface area contributed by atoms with E-state index in [-0.39, 0.29) is 17.4 Å². The highest BCUT2D eigenvalue weighted by atomic mass is 16.2. The molecule has 0 atom stereocenters. The van der Waals surface area contributed by atoms with Crippen LogP contribution in [0.1, 0.15) is 39.5 Å². The van der Waals surface area contributed by atoms with Gasteiger partial charge in [0.15, 0.2) is 0 Å². The minimum Gasteiger partial charge on any atom is -0.354 e. The molecule has 0 radical (unpaired) electrons. The van der Waals surface area contributed by atoms with Crippen LogP contribution < -0.4 is 16.4 Å². The van der Waals surface area contributed by atoms with Gasteiger partial charge in [0.05, 0.1) is 5.54 Å². The second kappa shape index (κ2) is 6.87. The third kappa shape index (κ3) is 4.72. The molecule has 0 heterocycles. The lowest BCUT2D eigenvalue weighted by atomic mass is 9.78. The van der Waals surface area contributed by atoms with Gasteiger partial charge >= 0.3 is 0 Å². The molecule has 0 unspecified atom stereocenters. The van der Waals surface area contributed by atoms with Crippen LogP contribution in [0.5, 0.6) is 0 Å². The molecule has 1 amide bonds. The minimum absolute atomic E-state index is 0.0686. The summed E-state index contributed by atoms with van der Waals surface area (Å²) in [6.07, 6.45) is 3.47. The SMILES string of the molecule is CNC1(C(=O)NCC(C)(C)CN(C)C)CCC(N)CC1. The van der Waals surface area contributed by atoms with Gasteiger partial charge in [-0.2, -0.15) is 0 Å². The standard InChI is InChI=1S/C15H32N4O/c1-14(2,11-19(4)5)10-18-13(20)15(17-3)8-6-12(16)7-9-15/h12,17H,6-11,16H2,1-5H3,(H,18,20). The summed E-state index contributed by atoms with van der Waals surface area (Å²) in [7, 11) is 5.99. The van der Waals surface area contributed by atoms with E-state index in [2.05, 4.69) is 43.5 Å². The predicted molar refractivity (Wildman–Crippen MR) is 83.6 cm³/mol. The number of carbonyl (C=O) groups is 1. The van der Waals surface area contributed by atoms with Crippen molar-refractivity contribution < 1.29 is 4.79 Å². The van der Waals surface area contributed by atoms with E-state index in [0.29, 0.717) is 6.54 Å². The molecular weight excluding hydrogens is 252 g/mol. The van der Waals surface area contributed by atoms with Crippen LogP contribution in [0.2, 0.25) is 0 Å². The van der Waals surface area contributed by atoms with Crippen LogP contribution >= 0.6 is 0 Å². The summed E-state index contributed by atoms with van der Waals surface area (Å²) in [5.41, 5.74) is 5.59. The van der Waals surface area contributed by atoms with Crippen molar-refractivity contribution in [3.63, 3.8) is 0 Å². The number of rotatable bonds is 6. The Bertz CT molecular complexity index is 320. The van der Waals surface area contributed by atoms with Crippen molar-refractivity contribution in [3.8, 4) is 0 Å². The van der Waals surface area contributed by atoms with Crippen molar-refractivity contribution in [1.82, 2.24) is 15.5 Å². The Kier molecular flexibility index (Phi) is 5.98. The largest absolute Gasteiger partial charge is 0.354 e. The Hall–Kier alpha value is -0.650. The van der Waals surface area contributed by atoms with Gasteiger partial charge in [-0.05, 0) is 52.2 Å². The molecule has 0 bridgehead atoms. The van der Waals surface area contributed by atoms with Crippen LogP contribution in [0.3, 0.4) is 0 Å². The molecule has 1 saturated carbocycles. The van der Waals surface area contributed by atoms with Crippen molar-refractivity contribution in [2.24, 2.45) is 11.1 Å². The zero-order valence-corrected chi connectivity index (χ0v) is 13.8. The maximum atomic E-state index is 12.6. The number of nitrogens with two attached hydrogens (primary N) is 1. The lowest BCUT2D eigenvalue weighted by Crippen LogP contribution is -2.59. The van der Waals surface area contributed by atoms with Gasteiger partial charge < -0.3 is 21.3 Å². The molecular formula is C15H32N4O. The quantitative estimate of drug-likeness (QED) is 0.666. The molecule has 1 rings (SSSR count). The molecule has 0 aromatic carbocycles. The monoisotopic (exact) mass is 284 g/mol. The van der Waals surface area contributed by atoms with Gasteiger partial charge in [-0.25, -0.2) is 0 Å². The number of amides is 1. The highest BCUT2D eigenvalue weighted by Gasteiger charge is 2.40. The molecule has 0 saturated heterocycles. The van der Waals surface area contributed by atoms with Crippen LogP contribution in [-0.2, 0) is 4.79 Å². The number of likely N-dealkylation sites (N-methyl/N-ethyl adjacent to an activating group) is 1. The van der Waals surface area contributed by atoms with Crippen LogP contribution in [0.15, 0.2) is 0 Å². The summed E-state index contributed by atoms with van der Waals surface area (Å²) in [5, 5.41) is 6.37. The summed E-state index contributed by atoms with van der Waals surface area (Å²) in [6.45, 7) is 6.00. The maximum Gasteiger partial charge on any atom is 0.240 e. The second-order valence-electron chi connectivity index (χ2n) is 7.25. The molecule has 5 nitrogen and oxygen atoms in total. The highest BCUT2D eigenvalue weighted by Crippen LogP contribution is 2.28. The maximum absolute atomic E-state index is 12.6. The van der Waals surface area contributed by atoms with E-state index in [0.717, 1.165) is 32.2 Å². The molecule has 5 heteroatoms. The van der Waals surface area contributed by atoms with Gasteiger partial charge in [-0.15, -0.1) is 0 Å². The van der Waals surface area contributed by atoms with E-state index < -0.39 is 5.54 Å². The Labute approximate surface area is 123 Å². The number of carbonyl (C=O) groups excluding carboxylic acids is 1.